The predicted molar refractivity (Wildman–Crippen MR) is 103 cm³/mol. The first-order chi connectivity index (χ1) is 12.2. The van der Waals surface area contributed by atoms with Gasteiger partial charge in [0.1, 0.15) is 11.5 Å². The number of nitrogens with zero attached hydrogens (tertiary/aromatic N) is 1. The van der Waals surface area contributed by atoms with Crippen LogP contribution in [0.5, 0.6) is 11.5 Å². The highest BCUT2D eigenvalue weighted by molar-refractivity contribution is 7.98. The molecule has 0 aliphatic rings. The number of sulfonamides is 1. The summed E-state index contributed by atoms with van der Waals surface area (Å²) in [7, 11) is -0.131. The number of hydrogen-bond donors (Lipinski definition) is 1. The molecule has 0 saturated heterocycles. The molecule has 26 heavy (non-hydrogen) atoms. The lowest BCUT2D eigenvalue weighted by Crippen LogP contribution is -2.28. The largest absolute Gasteiger partial charge is 0.457 e. The molecule has 0 atom stereocenters. The molecule has 0 saturated carbocycles. The molecule has 6 nitrogen and oxygen atoms in total. The molecule has 0 radical (unpaired) electrons. The Kier molecular flexibility index (Phi) is 6.69. The van der Waals surface area contributed by atoms with Crippen molar-refractivity contribution in [3.8, 4) is 11.5 Å². The van der Waals surface area contributed by atoms with E-state index < -0.39 is 15.9 Å². The Hall–Kier alpha value is -2.03. The lowest BCUT2D eigenvalue weighted by atomic mass is 10.2. The monoisotopic (exact) mass is 394 g/mol. The van der Waals surface area contributed by atoms with Crippen molar-refractivity contribution < 1.29 is 17.9 Å². The van der Waals surface area contributed by atoms with E-state index >= 15 is 0 Å². The van der Waals surface area contributed by atoms with Crippen LogP contribution in [-0.4, -0.2) is 39.6 Å². The third kappa shape index (κ3) is 5.48. The molecule has 0 fully saturated rings. The Morgan fingerprint density at radius 1 is 1.15 bits per heavy atom. The number of rotatable bonds is 7. The van der Waals surface area contributed by atoms with E-state index in [-0.39, 0.29) is 4.90 Å². The maximum atomic E-state index is 12.2. The van der Waals surface area contributed by atoms with E-state index in [9.17, 15) is 13.2 Å². The van der Waals surface area contributed by atoms with Gasteiger partial charge in [0, 0.05) is 23.9 Å². The van der Waals surface area contributed by atoms with Crippen LogP contribution < -0.4 is 9.46 Å². The van der Waals surface area contributed by atoms with E-state index in [1.807, 2.05) is 54.2 Å². The fourth-order valence-electron chi connectivity index (χ4n) is 2.31. The molecule has 1 N–H and O–H groups in total. The van der Waals surface area contributed by atoms with Gasteiger partial charge in [0.2, 0.25) is 5.91 Å². The molecule has 0 heterocycles. The molecule has 8 heteroatoms. The number of benzene rings is 2. The summed E-state index contributed by atoms with van der Waals surface area (Å²) in [5, 5.41) is 0. The third-order valence-corrected chi connectivity index (χ3v) is 5.57. The van der Waals surface area contributed by atoms with Crippen LogP contribution in [-0.2, 0) is 21.4 Å². The molecule has 0 spiro atoms. The van der Waals surface area contributed by atoms with E-state index in [1.165, 1.54) is 12.1 Å². The number of thioether (sulfide) groups is 1. The Bertz CT molecular complexity index is 879. The number of carbonyl (C=O) groups excluding carboxylic acids is 1. The molecule has 0 aliphatic carbocycles. The molecular formula is C18H22N2O4S2. The molecule has 0 aliphatic heterocycles. The van der Waals surface area contributed by atoms with Gasteiger partial charge in [-0.25, -0.2) is 13.1 Å². The first-order valence-electron chi connectivity index (χ1n) is 7.84. The fraction of sp³-hybridized carbons (Fsp3) is 0.278. The van der Waals surface area contributed by atoms with Crippen molar-refractivity contribution in [2.24, 2.45) is 0 Å². The second kappa shape index (κ2) is 8.57. The van der Waals surface area contributed by atoms with Gasteiger partial charge in [0.05, 0.1) is 4.90 Å². The summed E-state index contributed by atoms with van der Waals surface area (Å²) in [4.78, 5) is 14.2. The number of nitrogens with one attached hydrogen (secondary N) is 1. The van der Waals surface area contributed by atoms with Gasteiger partial charge in [0.15, 0.2) is 0 Å². The zero-order valence-corrected chi connectivity index (χ0v) is 16.8. The van der Waals surface area contributed by atoms with Crippen molar-refractivity contribution in [1.29, 1.82) is 0 Å². The Morgan fingerprint density at radius 2 is 1.81 bits per heavy atom. The molecule has 2 aromatic rings. The van der Waals surface area contributed by atoms with Crippen LogP contribution in [0, 0.1) is 0 Å². The Morgan fingerprint density at radius 3 is 2.35 bits per heavy atom. The predicted octanol–water partition coefficient (Wildman–Crippen LogP) is 3.09. The van der Waals surface area contributed by atoms with Crippen molar-refractivity contribution in [3.05, 3.63) is 48.0 Å². The molecule has 140 valence electrons. The number of carbonyl (C=O) groups is 1. The lowest BCUT2D eigenvalue weighted by molar-refractivity contribution is -0.117. The van der Waals surface area contributed by atoms with Gasteiger partial charge in [-0.1, -0.05) is 0 Å². The molecule has 1 amide bonds. The second-order valence-corrected chi connectivity index (χ2v) is 8.51. The van der Waals surface area contributed by atoms with Gasteiger partial charge in [0.25, 0.3) is 10.0 Å². The van der Waals surface area contributed by atoms with Gasteiger partial charge in [-0.15, -0.1) is 11.8 Å². The quantitative estimate of drug-likeness (QED) is 0.728. The summed E-state index contributed by atoms with van der Waals surface area (Å²) in [5.74, 6) is 0.603. The average Bonchev–Trinajstić information content (AvgIpc) is 2.55. The van der Waals surface area contributed by atoms with Gasteiger partial charge >= 0.3 is 0 Å². The van der Waals surface area contributed by atoms with E-state index in [2.05, 4.69) is 0 Å². The van der Waals surface area contributed by atoms with Crippen molar-refractivity contribution in [3.63, 3.8) is 0 Å². The smallest absolute Gasteiger partial charge is 0.264 e. The standard InChI is InChI=1S/C18H22N2O4S2/c1-13(21)19-26(22,23)17-9-10-18(14(11-17)12-20(2)3)24-15-5-7-16(25-4)8-6-15/h5-11H,12H2,1-4H3,(H,19,21). The van der Waals surface area contributed by atoms with Crippen molar-refractivity contribution in [1.82, 2.24) is 9.62 Å². The highest BCUT2D eigenvalue weighted by atomic mass is 32.2. The van der Waals surface area contributed by atoms with Crippen LogP contribution in [0.1, 0.15) is 12.5 Å². The summed E-state index contributed by atoms with van der Waals surface area (Å²) in [5.41, 5.74) is 0.704. The summed E-state index contributed by atoms with van der Waals surface area (Å²) in [6.07, 6.45) is 2.00. The molecular weight excluding hydrogens is 372 g/mol. The summed E-state index contributed by atoms with van der Waals surface area (Å²) in [6, 6.07) is 12.2. The van der Waals surface area contributed by atoms with Gasteiger partial charge in [-0.2, -0.15) is 0 Å². The van der Waals surface area contributed by atoms with Crippen molar-refractivity contribution >= 4 is 27.7 Å². The summed E-state index contributed by atoms with van der Waals surface area (Å²) < 4.78 is 32.4. The number of amides is 1. The minimum Gasteiger partial charge on any atom is -0.457 e. The maximum absolute atomic E-state index is 12.2. The van der Waals surface area contributed by atoms with Gasteiger partial charge < -0.3 is 9.64 Å². The van der Waals surface area contributed by atoms with E-state index in [4.69, 9.17) is 4.74 Å². The second-order valence-electron chi connectivity index (χ2n) is 5.95. The molecule has 2 rings (SSSR count). The normalized spacial score (nSPS) is 11.4. The molecule has 0 bridgehead atoms. The molecule has 2 aromatic carbocycles. The Labute approximate surface area is 158 Å². The lowest BCUT2D eigenvalue weighted by Gasteiger charge is -2.16. The zero-order chi connectivity index (χ0) is 19.3. The van der Waals surface area contributed by atoms with Crippen molar-refractivity contribution in [2.75, 3.05) is 20.4 Å². The van der Waals surface area contributed by atoms with Crippen LogP contribution in [0.15, 0.2) is 52.3 Å². The van der Waals surface area contributed by atoms with Gasteiger partial charge in [-0.05, 0) is 62.8 Å². The number of ether oxygens (including phenoxy) is 1. The number of hydrogen-bond acceptors (Lipinski definition) is 6. The van der Waals surface area contributed by atoms with E-state index in [0.717, 1.165) is 11.8 Å². The van der Waals surface area contributed by atoms with E-state index in [0.29, 0.717) is 23.6 Å². The SMILES string of the molecule is CSc1ccc(Oc2ccc(S(=O)(=O)NC(C)=O)cc2CN(C)C)cc1. The van der Waals surface area contributed by atoms with E-state index in [1.54, 1.807) is 17.8 Å². The minimum atomic E-state index is -3.89. The topological polar surface area (TPSA) is 75.7 Å². The van der Waals surface area contributed by atoms with Gasteiger partial charge in [-0.3, -0.25) is 4.79 Å². The summed E-state index contributed by atoms with van der Waals surface area (Å²) >= 11 is 1.64. The summed E-state index contributed by atoms with van der Waals surface area (Å²) in [6.45, 7) is 1.65. The fourth-order valence-corrected chi connectivity index (χ4v) is 3.75. The highest BCUT2D eigenvalue weighted by Gasteiger charge is 2.18. The first-order valence-corrected chi connectivity index (χ1v) is 10.5. The zero-order valence-electron chi connectivity index (χ0n) is 15.1. The Balaban J connectivity index is 2.37. The van der Waals surface area contributed by atoms with Crippen LogP contribution >= 0.6 is 11.8 Å². The highest BCUT2D eigenvalue weighted by Crippen LogP contribution is 2.29. The minimum absolute atomic E-state index is 0.0228. The van der Waals surface area contributed by atoms with Crippen LogP contribution in [0.4, 0.5) is 0 Å². The third-order valence-electron chi connectivity index (χ3n) is 3.39. The maximum Gasteiger partial charge on any atom is 0.264 e. The van der Waals surface area contributed by atoms with Crippen LogP contribution in [0.25, 0.3) is 0 Å². The van der Waals surface area contributed by atoms with Crippen LogP contribution in [0.3, 0.4) is 0 Å². The van der Waals surface area contributed by atoms with Crippen LogP contribution in [0.2, 0.25) is 0 Å². The first kappa shape index (κ1) is 20.3. The molecule has 0 unspecified atom stereocenters. The average molecular weight is 395 g/mol. The van der Waals surface area contributed by atoms with Crippen molar-refractivity contribution in [2.45, 2.75) is 23.3 Å². The molecule has 0 aromatic heterocycles.